The molecule has 0 saturated carbocycles. The van der Waals surface area contributed by atoms with E-state index in [0.717, 1.165) is 10.6 Å². The summed E-state index contributed by atoms with van der Waals surface area (Å²) in [5.74, 6) is 1.49. The van der Waals surface area contributed by atoms with Crippen molar-refractivity contribution in [1.82, 2.24) is 9.97 Å². The van der Waals surface area contributed by atoms with Crippen molar-refractivity contribution in [3.05, 3.63) is 56.9 Å². The molecule has 2 heterocycles. The van der Waals surface area contributed by atoms with Crippen molar-refractivity contribution in [2.75, 3.05) is 5.75 Å². The van der Waals surface area contributed by atoms with E-state index in [0.29, 0.717) is 11.4 Å². The van der Waals surface area contributed by atoms with Gasteiger partial charge in [-0.25, -0.2) is 0 Å². The molecule has 1 aromatic carbocycles. The summed E-state index contributed by atoms with van der Waals surface area (Å²) in [6, 6.07) is 7.74. The lowest BCUT2D eigenvalue weighted by molar-refractivity contribution is 0.214. The van der Waals surface area contributed by atoms with Gasteiger partial charge >= 0.3 is 11.1 Å². The minimum absolute atomic E-state index is 0.255. The van der Waals surface area contributed by atoms with Crippen LogP contribution in [0.15, 0.2) is 44.9 Å². The molecule has 1 aliphatic heterocycles. The van der Waals surface area contributed by atoms with Crippen LogP contribution in [0.3, 0.4) is 0 Å². The van der Waals surface area contributed by atoms with E-state index in [4.69, 9.17) is 4.74 Å². The van der Waals surface area contributed by atoms with Crippen LogP contribution in [-0.4, -0.2) is 15.7 Å². The van der Waals surface area contributed by atoms with E-state index in [1.807, 2.05) is 24.3 Å². The number of para-hydroxylation sites is 1. The molecule has 0 spiro atoms. The van der Waals surface area contributed by atoms with Crippen LogP contribution in [-0.2, 0) is 0 Å². The second-order valence-electron chi connectivity index (χ2n) is 3.89. The number of nitrogens with one attached hydrogen (secondary N) is 2. The van der Waals surface area contributed by atoms with Gasteiger partial charge in [0.2, 0.25) is 0 Å². The molecule has 6 heteroatoms. The first-order chi connectivity index (χ1) is 8.74. The highest BCUT2D eigenvalue weighted by Crippen LogP contribution is 2.39. The van der Waals surface area contributed by atoms with E-state index in [1.54, 1.807) is 11.8 Å². The lowest BCUT2D eigenvalue weighted by atomic mass is 10.2. The van der Waals surface area contributed by atoms with Crippen LogP contribution < -0.4 is 15.9 Å². The molecular formula is C12H10N2O3S. The first-order valence-corrected chi connectivity index (χ1v) is 6.43. The Bertz CT molecular complexity index is 692. The smallest absolute Gasteiger partial charge is 0.313 e. The molecule has 92 valence electrons. The Hall–Kier alpha value is -1.95. The molecule has 0 fully saturated rings. The zero-order chi connectivity index (χ0) is 12.5. The van der Waals surface area contributed by atoms with Gasteiger partial charge < -0.3 is 14.7 Å². The Morgan fingerprint density at radius 2 is 2.06 bits per heavy atom. The van der Waals surface area contributed by atoms with Gasteiger partial charge in [-0.1, -0.05) is 12.1 Å². The topological polar surface area (TPSA) is 75.0 Å². The number of fused-ring (bicyclic) bond motifs is 1. The maximum absolute atomic E-state index is 11.3. The molecule has 1 aromatic heterocycles. The van der Waals surface area contributed by atoms with Crippen LogP contribution in [0.5, 0.6) is 5.75 Å². The van der Waals surface area contributed by atoms with Gasteiger partial charge in [0.1, 0.15) is 11.9 Å². The second kappa shape index (κ2) is 4.38. The van der Waals surface area contributed by atoms with E-state index in [2.05, 4.69) is 9.97 Å². The summed E-state index contributed by atoms with van der Waals surface area (Å²) in [6.45, 7) is 0. The Kier molecular flexibility index (Phi) is 2.71. The number of benzene rings is 1. The van der Waals surface area contributed by atoms with E-state index in [9.17, 15) is 9.59 Å². The van der Waals surface area contributed by atoms with Crippen LogP contribution in [0.2, 0.25) is 0 Å². The average molecular weight is 262 g/mol. The Morgan fingerprint density at radius 3 is 2.89 bits per heavy atom. The summed E-state index contributed by atoms with van der Waals surface area (Å²) < 4.78 is 5.80. The quantitative estimate of drug-likeness (QED) is 0.759. The molecular weight excluding hydrogens is 252 g/mol. The Balaban J connectivity index is 1.94. The number of aromatic amines is 2. The Morgan fingerprint density at radius 1 is 1.22 bits per heavy atom. The van der Waals surface area contributed by atoms with Crippen LogP contribution in [0.25, 0.3) is 0 Å². The number of rotatable bonds is 1. The fourth-order valence-electron chi connectivity index (χ4n) is 1.78. The standard InChI is InChI=1S/C12H10N2O3S/c15-11-12(16)14-7(5-13-11)9-6-18-10-4-2-1-3-8(10)17-9/h1-5,9H,6H2,(H,13,15)(H,14,16). The minimum Gasteiger partial charge on any atom is -0.482 e. The van der Waals surface area contributed by atoms with Gasteiger partial charge in [-0.05, 0) is 12.1 Å². The fourth-order valence-corrected chi connectivity index (χ4v) is 2.79. The van der Waals surface area contributed by atoms with Crippen LogP contribution in [0.4, 0.5) is 0 Å². The number of hydrogen-bond donors (Lipinski definition) is 2. The van der Waals surface area contributed by atoms with Crippen molar-refractivity contribution in [3.63, 3.8) is 0 Å². The van der Waals surface area contributed by atoms with Crippen molar-refractivity contribution < 1.29 is 4.74 Å². The van der Waals surface area contributed by atoms with Gasteiger partial charge in [0.15, 0.2) is 0 Å². The third-order valence-corrected chi connectivity index (χ3v) is 3.80. The molecule has 1 atom stereocenters. The van der Waals surface area contributed by atoms with Gasteiger partial charge in [0.25, 0.3) is 0 Å². The largest absolute Gasteiger partial charge is 0.482 e. The predicted octanol–water partition coefficient (Wildman–Crippen LogP) is 1.29. The van der Waals surface area contributed by atoms with E-state index >= 15 is 0 Å². The van der Waals surface area contributed by atoms with E-state index < -0.39 is 11.1 Å². The summed E-state index contributed by atoms with van der Waals surface area (Å²) >= 11 is 1.66. The molecule has 3 rings (SSSR count). The van der Waals surface area contributed by atoms with Gasteiger partial charge in [0.05, 0.1) is 5.69 Å². The summed E-state index contributed by atoms with van der Waals surface area (Å²) in [5, 5.41) is 0. The molecule has 5 nitrogen and oxygen atoms in total. The molecule has 1 aliphatic rings. The summed E-state index contributed by atoms with van der Waals surface area (Å²) in [4.78, 5) is 28.3. The lowest BCUT2D eigenvalue weighted by Crippen LogP contribution is -2.32. The summed E-state index contributed by atoms with van der Waals surface area (Å²) in [6.07, 6.45) is 1.23. The molecule has 2 aromatic rings. The fraction of sp³-hybridized carbons (Fsp3) is 0.167. The van der Waals surface area contributed by atoms with Gasteiger partial charge in [0, 0.05) is 16.8 Å². The molecule has 0 amide bonds. The lowest BCUT2D eigenvalue weighted by Gasteiger charge is -2.25. The third-order valence-electron chi connectivity index (χ3n) is 2.68. The van der Waals surface area contributed by atoms with Crippen LogP contribution in [0, 0.1) is 0 Å². The van der Waals surface area contributed by atoms with E-state index in [1.165, 1.54) is 6.20 Å². The zero-order valence-electron chi connectivity index (χ0n) is 9.30. The molecule has 18 heavy (non-hydrogen) atoms. The second-order valence-corrected chi connectivity index (χ2v) is 4.95. The van der Waals surface area contributed by atoms with Gasteiger partial charge in [-0.15, -0.1) is 11.8 Å². The van der Waals surface area contributed by atoms with Crippen molar-refractivity contribution in [1.29, 1.82) is 0 Å². The highest BCUT2D eigenvalue weighted by molar-refractivity contribution is 7.99. The van der Waals surface area contributed by atoms with Crippen molar-refractivity contribution in [2.24, 2.45) is 0 Å². The van der Waals surface area contributed by atoms with Gasteiger partial charge in [-0.3, -0.25) is 9.59 Å². The summed E-state index contributed by atoms with van der Waals surface area (Å²) in [5.41, 5.74) is -0.718. The first-order valence-electron chi connectivity index (χ1n) is 5.44. The minimum atomic E-state index is -0.653. The maximum atomic E-state index is 11.3. The highest BCUT2D eigenvalue weighted by Gasteiger charge is 2.22. The van der Waals surface area contributed by atoms with Crippen LogP contribution >= 0.6 is 11.8 Å². The average Bonchev–Trinajstić information content (AvgIpc) is 2.41. The van der Waals surface area contributed by atoms with Crippen molar-refractivity contribution in [3.8, 4) is 5.75 Å². The van der Waals surface area contributed by atoms with Crippen LogP contribution in [0.1, 0.15) is 11.8 Å². The normalized spacial score (nSPS) is 17.9. The molecule has 0 radical (unpaired) electrons. The first kappa shape index (κ1) is 11.2. The molecule has 2 N–H and O–H groups in total. The Labute approximate surface area is 106 Å². The van der Waals surface area contributed by atoms with E-state index in [-0.39, 0.29) is 6.10 Å². The maximum Gasteiger partial charge on any atom is 0.313 e. The van der Waals surface area contributed by atoms with Crippen molar-refractivity contribution in [2.45, 2.75) is 11.0 Å². The van der Waals surface area contributed by atoms with Gasteiger partial charge in [-0.2, -0.15) is 0 Å². The predicted molar refractivity (Wildman–Crippen MR) is 68.2 cm³/mol. The number of H-pyrrole nitrogens is 2. The van der Waals surface area contributed by atoms with Crippen molar-refractivity contribution >= 4 is 11.8 Å². The molecule has 1 unspecified atom stereocenters. The number of aromatic nitrogens is 2. The number of ether oxygens (including phenoxy) is 1. The molecule has 0 saturated heterocycles. The number of hydrogen-bond acceptors (Lipinski definition) is 4. The summed E-state index contributed by atoms with van der Waals surface area (Å²) in [7, 11) is 0. The monoisotopic (exact) mass is 262 g/mol. The SMILES string of the molecule is O=c1[nH]cc(C2CSc3ccccc3O2)[nH]c1=O. The third kappa shape index (κ3) is 1.95. The molecule has 0 aliphatic carbocycles. The highest BCUT2D eigenvalue weighted by atomic mass is 32.2. The molecule has 0 bridgehead atoms. The zero-order valence-corrected chi connectivity index (χ0v) is 10.1. The number of thioether (sulfide) groups is 1.